The molecule has 3 rings (SSSR count). The molecule has 0 amide bonds. The van der Waals surface area contributed by atoms with E-state index in [0.717, 1.165) is 44.7 Å². The molecule has 1 unspecified atom stereocenters. The molecule has 9 nitrogen and oxygen atoms in total. The topological polar surface area (TPSA) is 91.1 Å². The summed E-state index contributed by atoms with van der Waals surface area (Å²) in [5.74, 6) is 2.45. The zero-order valence-electron chi connectivity index (χ0n) is 22.1. The molecule has 1 aliphatic heterocycles. The predicted octanol–water partition coefficient (Wildman–Crippen LogP) is -1.04. The van der Waals surface area contributed by atoms with Crippen LogP contribution in [0.2, 0.25) is 0 Å². The standard InChI is InChI=1S/C27H38N2O7.ClH/c1-5-6-11-26(31)36-23-10-8-7-9-22(23)29-14-12-28(13-15-29)18-20(30)19-35-21-16-24(32-2)27(34-4)25(17-21)33-3;/h7-10,16-17,20,30H,5-6,11-15,18-19H2,1-4H3;1H. The number of carbonyl (C=O) groups is 1. The van der Waals surface area contributed by atoms with Crippen molar-refractivity contribution in [3.05, 3.63) is 36.4 Å². The van der Waals surface area contributed by atoms with Crippen LogP contribution < -0.4 is 45.9 Å². The van der Waals surface area contributed by atoms with Gasteiger partial charge in [-0.2, -0.15) is 0 Å². The van der Waals surface area contributed by atoms with E-state index in [2.05, 4.69) is 11.8 Å². The Bertz CT molecular complexity index is 958. The Morgan fingerprint density at radius 3 is 2.27 bits per heavy atom. The maximum Gasteiger partial charge on any atom is 0.311 e. The fourth-order valence-electron chi connectivity index (χ4n) is 4.29. The number of hydrogen-bond acceptors (Lipinski definition) is 8. The number of halogens is 1. The van der Waals surface area contributed by atoms with Gasteiger partial charge < -0.3 is 51.0 Å². The first-order chi connectivity index (χ1) is 17.5. The molecule has 37 heavy (non-hydrogen) atoms. The molecule has 1 aliphatic rings. The second-order valence-corrected chi connectivity index (χ2v) is 8.81. The Hall–Kier alpha value is -2.88. The normalized spacial score (nSPS) is 14.4. The lowest BCUT2D eigenvalue weighted by atomic mass is 10.2. The number of para-hydroxylation sites is 2. The number of ether oxygens (including phenoxy) is 5. The first-order valence-corrected chi connectivity index (χ1v) is 12.5. The van der Waals surface area contributed by atoms with Crippen molar-refractivity contribution in [3.8, 4) is 28.7 Å². The Balaban J connectivity index is 0.00000481. The fraction of sp³-hybridized carbons (Fsp3) is 0.519. The minimum Gasteiger partial charge on any atom is -1.00 e. The lowest BCUT2D eigenvalue weighted by Gasteiger charge is -2.35. The predicted molar refractivity (Wildman–Crippen MR) is 137 cm³/mol. The van der Waals surface area contributed by atoms with Crippen molar-refractivity contribution >= 4 is 11.7 Å². The van der Waals surface area contributed by atoms with Crippen molar-refractivity contribution in [1.82, 2.24) is 0 Å². The van der Waals surface area contributed by atoms with E-state index in [0.29, 0.717) is 41.7 Å². The van der Waals surface area contributed by atoms with Crippen molar-refractivity contribution < 1.29 is 50.9 Å². The molecule has 1 fully saturated rings. The van der Waals surface area contributed by atoms with Crippen molar-refractivity contribution in [2.45, 2.75) is 32.3 Å². The zero-order valence-corrected chi connectivity index (χ0v) is 22.9. The summed E-state index contributed by atoms with van der Waals surface area (Å²) < 4.78 is 27.5. The number of piperazine rings is 1. The molecule has 0 radical (unpaired) electrons. The summed E-state index contributed by atoms with van der Waals surface area (Å²) in [6.45, 7) is 6.12. The molecule has 206 valence electrons. The second-order valence-electron chi connectivity index (χ2n) is 8.81. The van der Waals surface area contributed by atoms with E-state index in [1.807, 2.05) is 24.3 Å². The highest BCUT2D eigenvalue weighted by Crippen LogP contribution is 2.40. The quantitative estimate of drug-likeness (QED) is 0.247. The highest BCUT2D eigenvalue weighted by molar-refractivity contribution is 5.75. The Morgan fingerprint density at radius 1 is 1.03 bits per heavy atom. The van der Waals surface area contributed by atoms with Gasteiger partial charge in [-0.25, -0.2) is 0 Å². The maximum absolute atomic E-state index is 12.1. The number of quaternary nitrogens is 1. The van der Waals surface area contributed by atoms with E-state index < -0.39 is 6.10 Å². The number of rotatable bonds is 13. The number of esters is 1. The average molecular weight is 539 g/mol. The van der Waals surface area contributed by atoms with E-state index in [1.54, 1.807) is 33.5 Å². The average Bonchev–Trinajstić information content (AvgIpc) is 2.90. The highest BCUT2D eigenvalue weighted by atomic mass is 35.5. The summed E-state index contributed by atoms with van der Waals surface area (Å²) in [5.41, 5.74) is 0.938. The minimum absolute atomic E-state index is 0. The third-order valence-corrected chi connectivity index (χ3v) is 6.24. The van der Waals surface area contributed by atoms with Crippen LogP contribution in [0.3, 0.4) is 0 Å². The molecule has 2 aromatic rings. The van der Waals surface area contributed by atoms with Gasteiger partial charge in [0.2, 0.25) is 5.75 Å². The first kappa shape index (κ1) is 30.3. The molecule has 2 aromatic carbocycles. The zero-order chi connectivity index (χ0) is 25.9. The van der Waals surface area contributed by atoms with E-state index in [1.165, 1.54) is 4.90 Å². The van der Waals surface area contributed by atoms with Crippen LogP contribution in [-0.4, -0.2) is 77.8 Å². The SMILES string of the molecule is CCCCC(=O)Oc1ccccc1N1CC[NH+](CC(O)COc2cc(OC)c(OC)c(OC)c2)CC1.[Cl-]. The van der Waals surface area contributed by atoms with Crippen LogP contribution in [0.1, 0.15) is 26.2 Å². The summed E-state index contributed by atoms with van der Waals surface area (Å²) in [7, 11) is 4.65. The molecule has 0 aromatic heterocycles. The molecule has 2 N–H and O–H groups in total. The molecular formula is C27H39ClN2O7. The van der Waals surface area contributed by atoms with Gasteiger partial charge in [0, 0.05) is 18.6 Å². The van der Waals surface area contributed by atoms with Gasteiger partial charge in [0.1, 0.15) is 25.0 Å². The largest absolute Gasteiger partial charge is 1.00 e. The van der Waals surface area contributed by atoms with Gasteiger partial charge in [-0.3, -0.25) is 4.79 Å². The number of hydrogen-bond donors (Lipinski definition) is 2. The van der Waals surface area contributed by atoms with Gasteiger partial charge in [-0.1, -0.05) is 25.5 Å². The van der Waals surface area contributed by atoms with E-state index in [4.69, 9.17) is 23.7 Å². The summed E-state index contributed by atoms with van der Waals surface area (Å²) in [6, 6.07) is 11.1. The number of anilines is 1. The molecule has 0 spiro atoms. The van der Waals surface area contributed by atoms with Crippen LogP contribution in [0.25, 0.3) is 0 Å². The first-order valence-electron chi connectivity index (χ1n) is 12.5. The second kappa shape index (κ2) is 15.4. The molecular weight excluding hydrogens is 500 g/mol. The number of nitrogens with zero attached hydrogens (tertiary/aromatic N) is 1. The van der Waals surface area contributed by atoms with Crippen molar-refractivity contribution in [3.63, 3.8) is 0 Å². The monoisotopic (exact) mass is 538 g/mol. The molecule has 1 atom stereocenters. The summed E-state index contributed by atoms with van der Waals surface area (Å²) >= 11 is 0. The fourth-order valence-corrected chi connectivity index (χ4v) is 4.29. The van der Waals surface area contributed by atoms with Crippen LogP contribution in [-0.2, 0) is 4.79 Å². The Morgan fingerprint density at radius 2 is 1.68 bits per heavy atom. The van der Waals surface area contributed by atoms with Crippen LogP contribution >= 0.6 is 0 Å². The number of aliphatic hydroxyl groups is 1. The van der Waals surface area contributed by atoms with Gasteiger partial charge in [-0.05, 0) is 18.6 Å². The third kappa shape index (κ3) is 8.59. The van der Waals surface area contributed by atoms with Gasteiger partial charge in [0.15, 0.2) is 17.2 Å². The summed E-state index contributed by atoms with van der Waals surface area (Å²) in [4.78, 5) is 15.7. The summed E-state index contributed by atoms with van der Waals surface area (Å²) in [5, 5.41) is 10.6. The molecule has 0 saturated carbocycles. The third-order valence-electron chi connectivity index (χ3n) is 6.24. The van der Waals surface area contributed by atoms with Gasteiger partial charge in [-0.15, -0.1) is 0 Å². The van der Waals surface area contributed by atoms with E-state index in [9.17, 15) is 9.90 Å². The minimum atomic E-state index is -0.627. The number of carbonyl (C=O) groups excluding carboxylic acids is 1. The lowest BCUT2D eigenvalue weighted by Crippen LogP contribution is -3.16. The van der Waals surface area contributed by atoms with Gasteiger partial charge in [0.05, 0.1) is 53.2 Å². The Labute approximate surface area is 225 Å². The van der Waals surface area contributed by atoms with Crippen LogP contribution in [0.4, 0.5) is 5.69 Å². The lowest BCUT2D eigenvalue weighted by molar-refractivity contribution is -0.903. The Kier molecular flexibility index (Phi) is 12.6. The van der Waals surface area contributed by atoms with Gasteiger partial charge >= 0.3 is 5.97 Å². The summed E-state index contributed by atoms with van der Waals surface area (Å²) in [6.07, 6.45) is 1.59. The van der Waals surface area contributed by atoms with E-state index in [-0.39, 0.29) is 25.0 Å². The van der Waals surface area contributed by atoms with Crippen LogP contribution in [0.15, 0.2) is 36.4 Å². The number of aliphatic hydroxyl groups excluding tert-OH is 1. The smallest absolute Gasteiger partial charge is 0.311 e. The van der Waals surface area contributed by atoms with E-state index >= 15 is 0 Å². The number of unbranched alkanes of at least 4 members (excludes halogenated alkanes) is 1. The van der Waals surface area contributed by atoms with Crippen molar-refractivity contribution in [2.24, 2.45) is 0 Å². The number of benzene rings is 2. The molecule has 1 saturated heterocycles. The van der Waals surface area contributed by atoms with Crippen molar-refractivity contribution in [2.75, 3.05) is 65.6 Å². The van der Waals surface area contributed by atoms with Crippen molar-refractivity contribution in [1.29, 1.82) is 0 Å². The maximum atomic E-state index is 12.1. The molecule has 0 bridgehead atoms. The highest BCUT2D eigenvalue weighted by Gasteiger charge is 2.25. The number of methoxy groups -OCH3 is 3. The molecule has 1 heterocycles. The van der Waals surface area contributed by atoms with Crippen LogP contribution in [0, 0.1) is 0 Å². The van der Waals surface area contributed by atoms with Gasteiger partial charge in [0.25, 0.3) is 0 Å². The molecule has 0 aliphatic carbocycles. The number of nitrogens with one attached hydrogen (secondary N) is 1. The molecule has 10 heteroatoms. The van der Waals surface area contributed by atoms with Crippen LogP contribution in [0.5, 0.6) is 28.7 Å².